The number of fused-ring (bicyclic) bond motifs is 1. The van der Waals surface area contributed by atoms with Gasteiger partial charge in [0.2, 0.25) is 5.91 Å². The quantitative estimate of drug-likeness (QED) is 0.709. The van der Waals surface area contributed by atoms with Crippen LogP contribution < -0.4 is 0 Å². The minimum absolute atomic E-state index is 0.0932. The number of hydrogen-bond donors (Lipinski definition) is 0. The minimum atomic E-state index is -0.0932. The molecule has 2 fully saturated rings. The summed E-state index contributed by atoms with van der Waals surface area (Å²) in [7, 11) is 0. The molecule has 2 aliphatic rings. The van der Waals surface area contributed by atoms with Crippen LogP contribution >= 0.6 is 0 Å². The van der Waals surface area contributed by atoms with E-state index in [-0.39, 0.29) is 11.8 Å². The second kappa shape index (κ2) is 10.3. The molecule has 31 heavy (non-hydrogen) atoms. The van der Waals surface area contributed by atoms with Crippen LogP contribution in [0.5, 0.6) is 0 Å². The molecule has 1 aromatic carbocycles. The molecule has 2 saturated heterocycles. The first-order chi connectivity index (χ1) is 15.2. The molecule has 0 unspecified atom stereocenters. The summed E-state index contributed by atoms with van der Waals surface area (Å²) < 4.78 is 11.6. The van der Waals surface area contributed by atoms with Crippen LogP contribution in [-0.4, -0.2) is 78.9 Å². The summed E-state index contributed by atoms with van der Waals surface area (Å²) in [5.74, 6) is 0.506. The smallest absolute Gasteiger partial charge is 0.290 e. The maximum Gasteiger partial charge on any atom is 0.290 e. The Labute approximate surface area is 183 Å². The lowest BCUT2D eigenvalue weighted by atomic mass is 10.1. The predicted octanol–water partition coefficient (Wildman–Crippen LogP) is 3.13. The van der Waals surface area contributed by atoms with Crippen LogP contribution in [0.4, 0.5) is 0 Å². The zero-order valence-electron chi connectivity index (χ0n) is 18.5. The van der Waals surface area contributed by atoms with Gasteiger partial charge in [0.25, 0.3) is 5.91 Å². The third-order valence-corrected chi connectivity index (χ3v) is 6.32. The average molecular weight is 428 g/mol. The van der Waals surface area contributed by atoms with Crippen LogP contribution in [0.25, 0.3) is 11.0 Å². The predicted molar refractivity (Wildman–Crippen MR) is 119 cm³/mol. The molecule has 3 heterocycles. The first-order valence-corrected chi connectivity index (χ1v) is 11.5. The molecule has 1 aromatic heterocycles. The number of nitrogens with zero attached hydrogens (tertiary/aromatic N) is 3. The maximum atomic E-state index is 13.3. The van der Waals surface area contributed by atoms with Crippen molar-refractivity contribution in [1.29, 1.82) is 0 Å². The second-order valence-electron chi connectivity index (χ2n) is 8.41. The van der Waals surface area contributed by atoms with Crippen LogP contribution in [0.2, 0.25) is 0 Å². The van der Waals surface area contributed by atoms with Crippen molar-refractivity contribution < 1.29 is 18.7 Å². The van der Waals surface area contributed by atoms with Gasteiger partial charge in [0, 0.05) is 56.8 Å². The molecule has 4 rings (SSSR count). The first-order valence-electron chi connectivity index (χ1n) is 11.5. The monoisotopic (exact) mass is 427 g/mol. The van der Waals surface area contributed by atoms with E-state index in [1.165, 1.54) is 12.8 Å². The van der Waals surface area contributed by atoms with Gasteiger partial charge in [-0.15, -0.1) is 0 Å². The standard InChI is InChI=1S/C24H33N3O4/c1-2-30-18-20-19-9-5-6-10-21(19)31-23(20)24(29)27-15-13-25(14-16-27)17-22(28)26-11-7-3-4-8-12-26/h5-6,9-10H,2-4,7-8,11-18H2,1H3. The van der Waals surface area contributed by atoms with Crippen LogP contribution in [-0.2, 0) is 16.1 Å². The fraction of sp³-hybridized carbons (Fsp3) is 0.583. The number of likely N-dealkylation sites (tertiary alicyclic amines) is 1. The number of rotatable bonds is 6. The molecule has 0 N–H and O–H groups in total. The Bertz CT molecular complexity index is 893. The van der Waals surface area contributed by atoms with E-state index in [1.807, 2.05) is 41.0 Å². The Balaban J connectivity index is 1.37. The Morgan fingerprint density at radius 3 is 2.35 bits per heavy atom. The fourth-order valence-corrected chi connectivity index (χ4v) is 4.48. The number of furan rings is 1. The molecule has 0 bridgehead atoms. The van der Waals surface area contributed by atoms with E-state index >= 15 is 0 Å². The highest BCUT2D eigenvalue weighted by Crippen LogP contribution is 2.28. The highest BCUT2D eigenvalue weighted by atomic mass is 16.5. The fourth-order valence-electron chi connectivity index (χ4n) is 4.48. The van der Waals surface area contributed by atoms with Crippen molar-refractivity contribution >= 4 is 22.8 Å². The minimum Gasteiger partial charge on any atom is -0.451 e. The largest absolute Gasteiger partial charge is 0.451 e. The zero-order chi connectivity index (χ0) is 21.6. The van der Waals surface area contributed by atoms with Crippen molar-refractivity contribution in [3.8, 4) is 0 Å². The van der Waals surface area contributed by atoms with Crippen molar-refractivity contribution in [2.75, 3.05) is 52.4 Å². The van der Waals surface area contributed by atoms with Gasteiger partial charge in [-0.05, 0) is 25.8 Å². The third kappa shape index (κ3) is 5.10. The summed E-state index contributed by atoms with van der Waals surface area (Å²) in [6, 6.07) is 7.70. The summed E-state index contributed by atoms with van der Waals surface area (Å²) in [6.07, 6.45) is 4.65. The number of carbonyl (C=O) groups is 2. The van der Waals surface area contributed by atoms with Gasteiger partial charge in [0.1, 0.15) is 5.58 Å². The van der Waals surface area contributed by atoms with E-state index in [2.05, 4.69) is 4.90 Å². The van der Waals surface area contributed by atoms with Gasteiger partial charge in [0.15, 0.2) is 5.76 Å². The SMILES string of the molecule is CCOCc1c(C(=O)N2CCN(CC(=O)N3CCCCCC3)CC2)oc2ccccc12. The van der Waals surface area contributed by atoms with Crippen molar-refractivity contribution in [2.24, 2.45) is 0 Å². The number of piperazine rings is 1. The lowest BCUT2D eigenvalue weighted by molar-refractivity contribution is -0.132. The zero-order valence-corrected chi connectivity index (χ0v) is 18.5. The molecule has 2 amide bonds. The number of carbonyl (C=O) groups excluding carboxylic acids is 2. The number of benzene rings is 1. The lowest BCUT2D eigenvalue weighted by Gasteiger charge is -2.35. The van der Waals surface area contributed by atoms with E-state index < -0.39 is 0 Å². The summed E-state index contributed by atoms with van der Waals surface area (Å²) in [4.78, 5) is 31.9. The molecule has 2 aromatic rings. The molecule has 0 saturated carbocycles. The maximum absolute atomic E-state index is 13.3. The lowest BCUT2D eigenvalue weighted by Crippen LogP contribution is -2.51. The van der Waals surface area contributed by atoms with Crippen LogP contribution in [0.15, 0.2) is 28.7 Å². The van der Waals surface area contributed by atoms with E-state index in [4.69, 9.17) is 9.15 Å². The second-order valence-corrected chi connectivity index (χ2v) is 8.41. The highest BCUT2D eigenvalue weighted by Gasteiger charge is 2.29. The number of ether oxygens (including phenoxy) is 1. The van der Waals surface area contributed by atoms with Crippen LogP contribution in [0, 0.1) is 0 Å². The third-order valence-electron chi connectivity index (χ3n) is 6.32. The van der Waals surface area contributed by atoms with Gasteiger partial charge in [-0.25, -0.2) is 0 Å². The molecule has 0 radical (unpaired) electrons. The topological polar surface area (TPSA) is 66.2 Å². The molecule has 168 valence electrons. The van der Waals surface area contributed by atoms with E-state index in [9.17, 15) is 9.59 Å². The summed E-state index contributed by atoms with van der Waals surface area (Å²) >= 11 is 0. The molecule has 0 atom stereocenters. The number of amides is 2. The Hall–Kier alpha value is -2.38. The van der Waals surface area contributed by atoms with Gasteiger partial charge < -0.3 is 19.0 Å². The molecule has 7 heteroatoms. The van der Waals surface area contributed by atoms with Gasteiger partial charge in [0.05, 0.1) is 13.2 Å². The summed E-state index contributed by atoms with van der Waals surface area (Å²) in [5.41, 5.74) is 1.53. The Morgan fingerprint density at radius 1 is 0.935 bits per heavy atom. The number of para-hydroxylation sites is 1. The van der Waals surface area contributed by atoms with Gasteiger partial charge in [-0.3, -0.25) is 14.5 Å². The van der Waals surface area contributed by atoms with Gasteiger partial charge >= 0.3 is 0 Å². The Morgan fingerprint density at radius 2 is 1.65 bits per heavy atom. The highest BCUT2D eigenvalue weighted by molar-refractivity contribution is 5.99. The Kier molecular flexibility index (Phi) is 7.25. The normalized spacial score (nSPS) is 18.4. The molecular formula is C24H33N3O4. The molecular weight excluding hydrogens is 394 g/mol. The van der Waals surface area contributed by atoms with Crippen molar-refractivity contribution in [2.45, 2.75) is 39.2 Å². The molecule has 0 spiro atoms. The van der Waals surface area contributed by atoms with Crippen molar-refractivity contribution in [3.05, 3.63) is 35.6 Å². The van der Waals surface area contributed by atoms with Gasteiger partial charge in [-0.2, -0.15) is 0 Å². The molecule has 7 nitrogen and oxygen atoms in total. The summed E-state index contributed by atoms with van der Waals surface area (Å²) in [6.45, 7) is 7.68. The van der Waals surface area contributed by atoms with E-state index in [0.29, 0.717) is 57.3 Å². The summed E-state index contributed by atoms with van der Waals surface area (Å²) in [5, 5.41) is 0.931. The van der Waals surface area contributed by atoms with E-state index in [0.717, 1.165) is 36.9 Å². The van der Waals surface area contributed by atoms with Gasteiger partial charge in [-0.1, -0.05) is 31.0 Å². The molecule has 2 aliphatic heterocycles. The number of hydrogen-bond acceptors (Lipinski definition) is 5. The first kappa shape index (κ1) is 21.8. The average Bonchev–Trinajstić information content (AvgIpc) is 2.96. The van der Waals surface area contributed by atoms with Crippen LogP contribution in [0.1, 0.15) is 48.7 Å². The van der Waals surface area contributed by atoms with Crippen LogP contribution in [0.3, 0.4) is 0 Å². The van der Waals surface area contributed by atoms with Crippen molar-refractivity contribution in [1.82, 2.24) is 14.7 Å². The van der Waals surface area contributed by atoms with E-state index in [1.54, 1.807) is 0 Å². The van der Waals surface area contributed by atoms with Crippen molar-refractivity contribution in [3.63, 3.8) is 0 Å². The molecule has 0 aliphatic carbocycles.